The molecule has 0 fully saturated rings. The number of Topliss-reactive ketones (excluding diaryl/α,β-unsaturated/α-hetero) is 1. The summed E-state index contributed by atoms with van der Waals surface area (Å²) in [7, 11) is 0. The van der Waals surface area contributed by atoms with E-state index in [-0.39, 0.29) is 5.78 Å². The third-order valence-electron chi connectivity index (χ3n) is 4.38. The van der Waals surface area contributed by atoms with Crippen molar-refractivity contribution in [2.24, 2.45) is 0 Å². The van der Waals surface area contributed by atoms with Crippen LogP contribution in [0.5, 0.6) is 0 Å². The van der Waals surface area contributed by atoms with E-state index in [9.17, 15) is 4.79 Å². The Morgan fingerprint density at radius 1 is 1.09 bits per heavy atom. The van der Waals surface area contributed by atoms with Crippen LogP contribution in [0.15, 0.2) is 41.1 Å². The lowest BCUT2D eigenvalue weighted by Gasteiger charge is -2.01. The van der Waals surface area contributed by atoms with Gasteiger partial charge in [0.2, 0.25) is 12.3 Å². The molecule has 2 aromatic carbocycles. The molecule has 0 saturated heterocycles. The fourth-order valence-corrected chi connectivity index (χ4v) is 3.39. The number of H-pyrrole nitrogens is 1. The summed E-state index contributed by atoms with van der Waals surface area (Å²) in [5.74, 6) is 0.735. The molecule has 1 aliphatic rings. The quantitative estimate of drug-likeness (QED) is 0.582. The number of benzene rings is 2. The van der Waals surface area contributed by atoms with Gasteiger partial charge in [-0.2, -0.15) is 0 Å². The van der Waals surface area contributed by atoms with Crippen LogP contribution >= 0.6 is 0 Å². The Balaban J connectivity index is 1.88. The van der Waals surface area contributed by atoms with E-state index in [1.807, 2.05) is 30.3 Å². The van der Waals surface area contributed by atoms with Crippen molar-refractivity contribution in [2.75, 3.05) is 0 Å². The molecular weight excluding hydrogens is 278 g/mol. The van der Waals surface area contributed by atoms with E-state index >= 15 is 0 Å². The van der Waals surface area contributed by atoms with E-state index in [4.69, 9.17) is 4.42 Å². The molecule has 0 saturated carbocycles. The summed E-state index contributed by atoms with van der Waals surface area (Å²) in [6, 6.07) is 9.93. The first-order chi connectivity index (χ1) is 10.8. The first-order valence-corrected chi connectivity index (χ1v) is 7.18. The fraction of sp³-hybridized carbons (Fsp3) is 0.118. The molecule has 1 N–H and O–H groups in total. The minimum atomic E-state index is 0.235. The van der Waals surface area contributed by atoms with E-state index in [1.54, 1.807) is 0 Å². The second-order valence-electron chi connectivity index (χ2n) is 5.57. The number of aryl methyl sites for hydroxylation is 1. The van der Waals surface area contributed by atoms with Crippen molar-refractivity contribution in [3.63, 3.8) is 0 Å². The van der Waals surface area contributed by atoms with Crippen LogP contribution in [0, 0.1) is 0 Å². The van der Waals surface area contributed by atoms with Gasteiger partial charge >= 0.3 is 0 Å². The summed E-state index contributed by atoms with van der Waals surface area (Å²) in [6.45, 7) is 0. The summed E-state index contributed by atoms with van der Waals surface area (Å²) in [6.07, 6.45) is 2.73. The highest BCUT2D eigenvalue weighted by Gasteiger charge is 2.23. The lowest BCUT2D eigenvalue weighted by atomic mass is 10.0. The number of aromatic amines is 1. The maximum absolute atomic E-state index is 12.0. The zero-order valence-corrected chi connectivity index (χ0v) is 11.6. The Morgan fingerprint density at radius 2 is 2.00 bits per heavy atom. The Bertz CT molecular complexity index is 1040. The summed E-state index contributed by atoms with van der Waals surface area (Å²) < 4.78 is 5.28. The van der Waals surface area contributed by atoms with Crippen molar-refractivity contribution in [3.05, 3.63) is 47.9 Å². The molecule has 5 rings (SSSR count). The molecule has 0 amide bonds. The van der Waals surface area contributed by atoms with Gasteiger partial charge in [0.05, 0.1) is 0 Å². The van der Waals surface area contributed by atoms with Crippen LogP contribution in [-0.4, -0.2) is 21.0 Å². The van der Waals surface area contributed by atoms with Crippen LogP contribution < -0.4 is 0 Å². The number of carbonyl (C=O) groups is 1. The SMILES string of the molecule is O=C1CCc2c1ccc1[nH]c3ccc(-c4nnco4)cc3c21. The topological polar surface area (TPSA) is 71.8 Å². The highest BCUT2D eigenvalue weighted by Crippen LogP contribution is 2.36. The lowest BCUT2D eigenvalue weighted by molar-refractivity contribution is 0.0994. The van der Waals surface area contributed by atoms with Gasteiger partial charge < -0.3 is 9.40 Å². The number of aromatic nitrogens is 3. The number of nitrogens with one attached hydrogen (secondary N) is 1. The minimum absolute atomic E-state index is 0.235. The number of fused-ring (bicyclic) bond motifs is 5. The molecule has 4 aromatic rings. The molecule has 0 radical (unpaired) electrons. The number of hydrogen-bond donors (Lipinski definition) is 1. The van der Waals surface area contributed by atoms with Crippen molar-refractivity contribution in [1.82, 2.24) is 15.2 Å². The Morgan fingerprint density at radius 3 is 2.86 bits per heavy atom. The van der Waals surface area contributed by atoms with Gasteiger partial charge in [-0.1, -0.05) is 0 Å². The predicted octanol–water partition coefficient (Wildman–Crippen LogP) is 3.50. The number of rotatable bonds is 1. The summed E-state index contributed by atoms with van der Waals surface area (Å²) >= 11 is 0. The van der Waals surface area contributed by atoms with E-state index in [0.29, 0.717) is 12.3 Å². The van der Waals surface area contributed by atoms with Gasteiger partial charge in [-0.25, -0.2) is 0 Å². The van der Waals surface area contributed by atoms with Gasteiger partial charge in [-0.15, -0.1) is 10.2 Å². The van der Waals surface area contributed by atoms with Gasteiger partial charge in [0.1, 0.15) is 0 Å². The van der Waals surface area contributed by atoms with Crippen LogP contribution in [0.3, 0.4) is 0 Å². The van der Waals surface area contributed by atoms with Crippen molar-refractivity contribution in [2.45, 2.75) is 12.8 Å². The van der Waals surface area contributed by atoms with Gasteiger partial charge in [-0.05, 0) is 42.3 Å². The van der Waals surface area contributed by atoms with Gasteiger partial charge in [0.15, 0.2) is 5.78 Å². The summed E-state index contributed by atoms with van der Waals surface area (Å²) in [4.78, 5) is 15.4. The molecule has 0 spiro atoms. The van der Waals surface area contributed by atoms with Crippen LogP contribution in [0.2, 0.25) is 0 Å². The number of carbonyl (C=O) groups excluding carboxylic acids is 1. The summed E-state index contributed by atoms with van der Waals surface area (Å²) in [5.41, 5.74) is 5.00. The second kappa shape index (κ2) is 4.04. The van der Waals surface area contributed by atoms with Crippen LogP contribution in [-0.2, 0) is 6.42 Å². The molecular formula is C17H11N3O2. The lowest BCUT2D eigenvalue weighted by Crippen LogP contribution is -1.90. The minimum Gasteiger partial charge on any atom is -0.423 e. The van der Waals surface area contributed by atoms with Crippen molar-refractivity contribution in [1.29, 1.82) is 0 Å². The smallest absolute Gasteiger partial charge is 0.247 e. The first-order valence-electron chi connectivity index (χ1n) is 7.18. The maximum atomic E-state index is 12.0. The Labute approximate surface area is 125 Å². The maximum Gasteiger partial charge on any atom is 0.247 e. The highest BCUT2D eigenvalue weighted by molar-refractivity contribution is 6.15. The largest absolute Gasteiger partial charge is 0.423 e. The number of hydrogen-bond acceptors (Lipinski definition) is 4. The molecule has 0 aliphatic heterocycles. The average molecular weight is 289 g/mol. The number of nitrogens with zero attached hydrogens (tertiary/aromatic N) is 2. The Kier molecular flexibility index (Phi) is 2.14. The van der Waals surface area contributed by atoms with Crippen LogP contribution in [0.1, 0.15) is 22.3 Å². The molecule has 22 heavy (non-hydrogen) atoms. The fourth-order valence-electron chi connectivity index (χ4n) is 3.39. The normalized spacial score (nSPS) is 14.1. The van der Waals surface area contributed by atoms with Crippen LogP contribution in [0.4, 0.5) is 0 Å². The molecule has 2 aromatic heterocycles. The second-order valence-corrected chi connectivity index (χ2v) is 5.57. The predicted molar refractivity (Wildman–Crippen MR) is 81.7 cm³/mol. The first kappa shape index (κ1) is 11.7. The standard InChI is InChI=1S/C17H11N3O2/c21-15-6-3-11-10(15)2-5-14-16(11)12-7-9(1-4-13(12)19-14)17-20-18-8-22-17/h1-2,4-5,7-8,19H,3,6H2. The Hall–Kier alpha value is -2.95. The molecule has 5 heteroatoms. The van der Waals surface area contributed by atoms with Gasteiger partial charge in [0, 0.05) is 39.4 Å². The third-order valence-corrected chi connectivity index (χ3v) is 4.38. The third kappa shape index (κ3) is 1.45. The molecule has 0 atom stereocenters. The molecule has 0 unspecified atom stereocenters. The molecule has 2 heterocycles. The van der Waals surface area contributed by atoms with Crippen LogP contribution in [0.25, 0.3) is 33.3 Å². The van der Waals surface area contributed by atoms with Crippen molar-refractivity contribution >= 4 is 27.6 Å². The van der Waals surface area contributed by atoms with Gasteiger partial charge in [0.25, 0.3) is 0 Å². The van der Waals surface area contributed by atoms with E-state index < -0.39 is 0 Å². The van der Waals surface area contributed by atoms with Crippen molar-refractivity contribution in [3.8, 4) is 11.5 Å². The summed E-state index contributed by atoms with van der Waals surface area (Å²) in [5, 5.41) is 9.92. The zero-order valence-electron chi connectivity index (χ0n) is 11.6. The average Bonchev–Trinajstić information content (AvgIpc) is 3.24. The van der Waals surface area contributed by atoms with E-state index in [2.05, 4.69) is 15.2 Å². The van der Waals surface area contributed by atoms with Gasteiger partial charge in [-0.3, -0.25) is 4.79 Å². The monoisotopic (exact) mass is 289 g/mol. The highest BCUT2D eigenvalue weighted by atomic mass is 16.4. The zero-order chi connectivity index (χ0) is 14.7. The molecule has 0 bridgehead atoms. The van der Waals surface area contributed by atoms with E-state index in [1.165, 1.54) is 6.39 Å². The number of ketones is 1. The van der Waals surface area contributed by atoms with E-state index in [0.717, 1.165) is 44.9 Å². The molecule has 1 aliphatic carbocycles. The van der Waals surface area contributed by atoms with Crippen molar-refractivity contribution < 1.29 is 9.21 Å². The molecule has 106 valence electrons. The molecule has 5 nitrogen and oxygen atoms in total.